The Morgan fingerprint density at radius 1 is 1.32 bits per heavy atom. The fourth-order valence-electron chi connectivity index (χ4n) is 2.06. The van der Waals surface area contributed by atoms with Crippen LogP contribution in [0.1, 0.15) is 5.69 Å². The molecule has 0 saturated carbocycles. The maximum Gasteiger partial charge on any atom is 0.194 e. The molecule has 0 aliphatic carbocycles. The number of thiazole rings is 1. The largest absolute Gasteiger partial charge is 0.497 e. The lowest BCUT2D eigenvalue weighted by molar-refractivity contribution is 0.415. The predicted molar refractivity (Wildman–Crippen MR) is 77.8 cm³/mol. The second kappa shape index (κ2) is 5.03. The van der Waals surface area contributed by atoms with Gasteiger partial charge in [-0.05, 0) is 30.8 Å². The number of benzene rings is 1. The summed E-state index contributed by atoms with van der Waals surface area (Å²) in [5.41, 5.74) is 8.91. The highest BCUT2D eigenvalue weighted by molar-refractivity contribution is 7.15. The van der Waals surface area contributed by atoms with E-state index in [1.54, 1.807) is 18.4 Å². The molecule has 19 heavy (non-hydrogen) atoms. The standard InChI is InChI=1S/C14H15N3OS/c1-18-12-4-2-10(3-5-12)13-8-17-11(6-7-15)9-19-14(17)16-13/h2-5,8-9H,6-7,15H2,1H3. The minimum absolute atomic E-state index is 0.655. The van der Waals surface area contributed by atoms with Gasteiger partial charge in [-0.25, -0.2) is 4.98 Å². The first-order chi connectivity index (χ1) is 9.31. The van der Waals surface area contributed by atoms with Gasteiger partial charge in [-0.15, -0.1) is 11.3 Å². The van der Waals surface area contributed by atoms with Crippen LogP contribution in [-0.2, 0) is 6.42 Å². The molecular weight excluding hydrogens is 258 g/mol. The number of fused-ring (bicyclic) bond motifs is 1. The van der Waals surface area contributed by atoms with Crippen LogP contribution in [0, 0.1) is 0 Å². The van der Waals surface area contributed by atoms with Gasteiger partial charge in [0.05, 0.1) is 12.8 Å². The summed E-state index contributed by atoms with van der Waals surface area (Å²) in [4.78, 5) is 5.65. The molecule has 3 rings (SSSR count). The third kappa shape index (κ3) is 2.22. The topological polar surface area (TPSA) is 52.5 Å². The van der Waals surface area contributed by atoms with Crippen LogP contribution < -0.4 is 10.5 Å². The van der Waals surface area contributed by atoms with Crippen LogP contribution in [-0.4, -0.2) is 23.0 Å². The Morgan fingerprint density at radius 2 is 2.11 bits per heavy atom. The summed E-state index contributed by atoms with van der Waals surface area (Å²) in [5, 5.41) is 2.12. The maximum atomic E-state index is 5.62. The number of nitrogens with zero attached hydrogens (tertiary/aromatic N) is 2. The van der Waals surface area contributed by atoms with Crippen molar-refractivity contribution in [2.75, 3.05) is 13.7 Å². The molecule has 3 aromatic rings. The molecule has 98 valence electrons. The van der Waals surface area contributed by atoms with E-state index < -0.39 is 0 Å². The molecule has 1 aromatic carbocycles. The zero-order chi connectivity index (χ0) is 13.2. The van der Waals surface area contributed by atoms with Gasteiger partial charge in [-0.1, -0.05) is 0 Å². The van der Waals surface area contributed by atoms with Crippen molar-refractivity contribution in [1.82, 2.24) is 9.38 Å². The van der Waals surface area contributed by atoms with Crippen molar-refractivity contribution in [3.8, 4) is 17.0 Å². The molecule has 2 N–H and O–H groups in total. The third-order valence-electron chi connectivity index (χ3n) is 3.07. The number of hydrogen-bond donors (Lipinski definition) is 1. The molecule has 0 unspecified atom stereocenters. The lowest BCUT2D eigenvalue weighted by Gasteiger charge is -2.00. The minimum Gasteiger partial charge on any atom is -0.497 e. The maximum absolute atomic E-state index is 5.62. The Balaban J connectivity index is 1.99. The molecule has 0 spiro atoms. The average molecular weight is 273 g/mol. The summed E-state index contributed by atoms with van der Waals surface area (Å²) in [5.74, 6) is 0.855. The van der Waals surface area contributed by atoms with Crippen LogP contribution in [0.5, 0.6) is 5.75 Å². The molecule has 5 heteroatoms. The van der Waals surface area contributed by atoms with Crippen molar-refractivity contribution < 1.29 is 4.74 Å². The summed E-state index contributed by atoms with van der Waals surface area (Å²) in [6.45, 7) is 0.655. The summed E-state index contributed by atoms with van der Waals surface area (Å²) in [6, 6.07) is 7.94. The van der Waals surface area contributed by atoms with Crippen LogP contribution in [0.3, 0.4) is 0 Å². The Bertz CT molecular complexity index is 684. The number of methoxy groups -OCH3 is 1. The van der Waals surface area contributed by atoms with Gasteiger partial charge in [-0.3, -0.25) is 4.40 Å². The molecule has 0 aliphatic rings. The molecule has 2 heterocycles. The number of nitrogens with two attached hydrogens (primary N) is 1. The van der Waals surface area contributed by atoms with E-state index in [9.17, 15) is 0 Å². The van der Waals surface area contributed by atoms with Crippen molar-refractivity contribution in [2.45, 2.75) is 6.42 Å². The van der Waals surface area contributed by atoms with E-state index in [0.29, 0.717) is 6.54 Å². The van der Waals surface area contributed by atoms with Gasteiger partial charge < -0.3 is 10.5 Å². The Kier molecular flexibility index (Phi) is 3.23. The number of rotatable bonds is 4. The third-order valence-corrected chi connectivity index (χ3v) is 3.96. The van der Waals surface area contributed by atoms with E-state index in [1.165, 1.54) is 5.69 Å². The zero-order valence-electron chi connectivity index (χ0n) is 10.7. The van der Waals surface area contributed by atoms with E-state index in [-0.39, 0.29) is 0 Å². The summed E-state index contributed by atoms with van der Waals surface area (Å²) in [7, 11) is 1.67. The van der Waals surface area contributed by atoms with Crippen LogP contribution in [0.2, 0.25) is 0 Å². The highest BCUT2D eigenvalue weighted by Gasteiger charge is 2.09. The molecule has 0 fully saturated rings. The highest BCUT2D eigenvalue weighted by atomic mass is 32.1. The van der Waals surface area contributed by atoms with Crippen molar-refractivity contribution in [2.24, 2.45) is 5.73 Å². The van der Waals surface area contributed by atoms with Gasteiger partial charge in [0.1, 0.15) is 5.75 Å². The molecule has 0 amide bonds. The number of imidazole rings is 1. The lowest BCUT2D eigenvalue weighted by atomic mass is 10.2. The minimum atomic E-state index is 0.655. The zero-order valence-corrected chi connectivity index (χ0v) is 11.5. The van der Waals surface area contributed by atoms with Gasteiger partial charge >= 0.3 is 0 Å². The van der Waals surface area contributed by atoms with Crippen molar-refractivity contribution in [3.05, 3.63) is 41.5 Å². The Morgan fingerprint density at radius 3 is 2.79 bits per heavy atom. The molecule has 0 aliphatic heterocycles. The van der Waals surface area contributed by atoms with Gasteiger partial charge in [0.25, 0.3) is 0 Å². The smallest absolute Gasteiger partial charge is 0.194 e. The Labute approximate surface area is 115 Å². The monoisotopic (exact) mass is 273 g/mol. The van der Waals surface area contributed by atoms with Crippen molar-refractivity contribution in [3.63, 3.8) is 0 Å². The van der Waals surface area contributed by atoms with Gasteiger partial charge in [0, 0.05) is 29.3 Å². The van der Waals surface area contributed by atoms with E-state index in [2.05, 4.69) is 21.0 Å². The van der Waals surface area contributed by atoms with E-state index in [0.717, 1.165) is 28.4 Å². The first-order valence-corrected chi connectivity index (χ1v) is 6.99. The van der Waals surface area contributed by atoms with E-state index in [1.807, 2.05) is 24.3 Å². The molecule has 0 radical (unpaired) electrons. The number of aromatic nitrogens is 2. The first-order valence-electron chi connectivity index (χ1n) is 6.12. The molecular formula is C14H15N3OS. The predicted octanol–water partition coefficient (Wildman–Crippen LogP) is 2.57. The summed E-state index contributed by atoms with van der Waals surface area (Å²) in [6.07, 6.45) is 2.94. The summed E-state index contributed by atoms with van der Waals surface area (Å²) < 4.78 is 7.28. The quantitative estimate of drug-likeness (QED) is 0.795. The molecule has 0 saturated heterocycles. The number of ether oxygens (including phenoxy) is 1. The fourth-order valence-corrected chi connectivity index (χ4v) is 2.97. The first kappa shape index (κ1) is 12.2. The van der Waals surface area contributed by atoms with Crippen LogP contribution in [0.15, 0.2) is 35.8 Å². The number of hydrogen-bond acceptors (Lipinski definition) is 4. The molecule has 0 atom stereocenters. The van der Waals surface area contributed by atoms with Crippen LogP contribution >= 0.6 is 11.3 Å². The normalized spacial score (nSPS) is 11.1. The van der Waals surface area contributed by atoms with E-state index >= 15 is 0 Å². The Hall–Kier alpha value is -1.85. The van der Waals surface area contributed by atoms with Gasteiger partial charge in [0.2, 0.25) is 0 Å². The van der Waals surface area contributed by atoms with Gasteiger partial charge in [-0.2, -0.15) is 0 Å². The van der Waals surface area contributed by atoms with Crippen molar-refractivity contribution >= 4 is 16.3 Å². The average Bonchev–Trinajstić information content (AvgIpc) is 3.01. The van der Waals surface area contributed by atoms with Gasteiger partial charge in [0.15, 0.2) is 4.96 Å². The second-order valence-electron chi connectivity index (χ2n) is 4.27. The molecule has 0 bridgehead atoms. The molecule has 4 nitrogen and oxygen atoms in total. The highest BCUT2D eigenvalue weighted by Crippen LogP contribution is 2.25. The van der Waals surface area contributed by atoms with Crippen molar-refractivity contribution in [1.29, 1.82) is 0 Å². The lowest BCUT2D eigenvalue weighted by Crippen LogP contribution is -2.04. The van der Waals surface area contributed by atoms with Crippen LogP contribution in [0.4, 0.5) is 0 Å². The van der Waals surface area contributed by atoms with E-state index in [4.69, 9.17) is 10.5 Å². The SMILES string of the molecule is COc1ccc(-c2cn3c(CCN)csc3n2)cc1. The molecule has 2 aromatic heterocycles. The summed E-state index contributed by atoms with van der Waals surface area (Å²) >= 11 is 1.65. The second-order valence-corrected chi connectivity index (χ2v) is 5.11. The fraction of sp³-hybridized carbons (Fsp3) is 0.214. The van der Waals surface area contributed by atoms with Crippen LogP contribution in [0.25, 0.3) is 16.2 Å².